The minimum absolute atomic E-state index is 0.0571. The van der Waals surface area contributed by atoms with E-state index in [-0.39, 0.29) is 22.5 Å². The Hall–Kier alpha value is -1.34. The third-order valence-corrected chi connectivity index (χ3v) is 4.48. The van der Waals surface area contributed by atoms with E-state index in [2.05, 4.69) is 4.98 Å². The number of rotatable bonds is 4. The molecule has 0 atom stereocenters. The Labute approximate surface area is 113 Å². The predicted molar refractivity (Wildman–Crippen MR) is 71.1 cm³/mol. The minimum Gasteiger partial charge on any atom is -0.356 e. The largest absolute Gasteiger partial charge is 0.356 e. The predicted octanol–water partition coefficient (Wildman–Crippen LogP) is 1.07. The van der Waals surface area contributed by atoms with E-state index in [1.807, 2.05) is 6.92 Å². The van der Waals surface area contributed by atoms with Gasteiger partial charge in [-0.05, 0) is 25.8 Å². The summed E-state index contributed by atoms with van der Waals surface area (Å²) in [5, 5.41) is 5.03. The number of nitrogens with zero attached hydrogens (tertiary/aromatic N) is 1. The lowest BCUT2D eigenvalue weighted by molar-refractivity contribution is 0.0688. The van der Waals surface area contributed by atoms with E-state index < -0.39 is 10.0 Å². The standard InChI is InChI=1S/C12H19N3O3S/c1-2-15(9-5-3-4-6-9)12(16)11-7-10(8-14-11)19(13,17)18/h7-9,14H,2-6H2,1H3,(H2,13,17,18). The summed E-state index contributed by atoms with van der Waals surface area (Å²) in [5.41, 5.74) is 0.276. The smallest absolute Gasteiger partial charge is 0.270 e. The van der Waals surface area contributed by atoms with Crippen molar-refractivity contribution in [2.75, 3.05) is 6.54 Å². The molecule has 1 aliphatic rings. The number of nitrogens with one attached hydrogen (secondary N) is 1. The van der Waals surface area contributed by atoms with Crippen LogP contribution in [0, 0.1) is 0 Å². The Morgan fingerprint density at radius 2 is 2.11 bits per heavy atom. The van der Waals surface area contributed by atoms with Crippen molar-refractivity contribution in [2.24, 2.45) is 5.14 Å². The lowest BCUT2D eigenvalue weighted by Gasteiger charge is -2.27. The molecule has 0 unspecified atom stereocenters. The number of carbonyl (C=O) groups is 1. The highest BCUT2D eigenvalue weighted by Gasteiger charge is 2.27. The van der Waals surface area contributed by atoms with Crippen LogP contribution in [-0.2, 0) is 10.0 Å². The van der Waals surface area contributed by atoms with Crippen molar-refractivity contribution in [1.82, 2.24) is 9.88 Å². The van der Waals surface area contributed by atoms with Crippen molar-refractivity contribution >= 4 is 15.9 Å². The summed E-state index contributed by atoms with van der Waals surface area (Å²) in [4.78, 5) is 16.8. The summed E-state index contributed by atoms with van der Waals surface area (Å²) in [6, 6.07) is 1.56. The van der Waals surface area contributed by atoms with E-state index >= 15 is 0 Å². The van der Waals surface area contributed by atoms with Crippen LogP contribution in [0.1, 0.15) is 43.1 Å². The quantitative estimate of drug-likeness (QED) is 0.866. The summed E-state index contributed by atoms with van der Waals surface area (Å²) in [5.74, 6) is -0.163. The van der Waals surface area contributed by atoms with Crippen LogP contribution < -0.4 is 5.14 Å². The van der Waals surface area contributed by atoms with Crippen LogP contribution in [-0.4, -0.2) is 36.8 Å². The molecule has 0 aliphatic heterocycles. The molecule has 1 aromatic heterocycles. The Bertz CT molecular complexity index is 559. The van der Waals surface area contributed by atoms with Gasteiger partial charge in [0.15, 0.2) is 0 Å². The van der Waals surface area contributed by atoms with E-state index in [9.17, 15) is 13.2 Å². The van der Waals surface area contributed by atoms with E-state index in [1.165, 1.54) is 12.3 Å². The number of H-pyrrole nitrogens is 1. The molecule has 7 heteroatoms. The second kappa shape index (κ2) is 5.34. The minimum atomic E-state index is -3.77. The fourth-order valence-electron chi connectivity index (χ4n) is 2.60. The van der Waals surface area contributed by atoms with Gasteiger partial charge in [-0.1, -0.05) is 12.8 Å². The maximum Gasteiger partial charge on any atom is 0.270 e. The molecule has 1 aliphatic carbocycles. The lowest BCUT2D eigenvalue weighted by atomic mass is 10.2. The normalized spacial score (nSPS) is 16.7. The van der Waals surface area contributed by atoms with Crippen molar-refractivity contribution in [1.29, 1.82) is 0 Å². The number of sulfonamides is 1. The Morgan fingerprint density at radius 3 is 2.58 bits per heavy atom. The number of carbonyl (C=O) groups excluding carboxylic acids is 1. The highest BCUT2D eigenvalue weighted by Crippen LogP contribution is 2.24. The molecule has 106 valence electrons. The number of aromatic nitrogens is 1. The molecule has 1 fully saturated rings. The first-order valence-electron chi connectivity index (χ1n) is 6.45. The van der Waals surface area contributed by atoms with Crippen LogP contribution in [0.5, 0.6) is 0 Å². The van der Waals surface area contributed by atoms with Gasteiger partial charge in [0.2, 0.25) is 10.0 Å². The van der Waals surface area contributed by atoms with Gasteiger partial charge in [0, 0.05) is 18.8 Å². The summed E-state index contributed by atoms with van der Waals surface area (Å²) < 4.78 is 22.4. The van der Waals surface area contributed by atoms with Gasteiger partial charge < -0.3 is 9.88 Å². The maximum atomic E-state index is 12.4. The summed E-state index contributed by atoms with van der Waals surface area (Å²) in [6.07, 6.45) is 5.57. The fourth-order valence-corrected chi connectivity index (χ4v) is 3.11. The van der Waals surface area contributed by atoms with Gasteiger partial charge in [-0.15, -0.1) is 0 Å². The van der Waals surface area contributed by atoms with Crippen molar-refractivity contribution in [3.63, 3.8) is 0 Å². The zero-order valence-corrected chi connectivity index (χ0v) is 11.7. The molecule has 0 bridgehead atoms. The zero-order valence-electron chi connectivity index (χ0n) is 10.9. The molecule has 19 heavy (non-hydrogen) atoms. The molecule has 1 aromatic rings. The topological polar surface area (TPSA) is 96.3 Å². The Kier molecular flexibility index (Phi) is 3.96. The SMILES string of the molecule is CCN(C(=O)c1cc(S(N)(=O)=O)c[nH]1)C1CCCC1. The van der Waals surface area contributed by atoms with Crippen LogP contribution in [0.2, 0.25) is 0 Å². The summed E-state index contributed by atoms with van der Waals surface area (Å²) >= 11 is 0. The molecule has 1 saturated carbocycles. The molecular weight excluding hydrogens is 266 g/mol. The number of amides is 1. The molecule has 0 radical (unpaired) electrons. The van der Waals surface area contributed by atoms with Gasteiger partial charge in [0.1, 0.15) is 5.69 Å². The van der Waals surface area contributed by atoms with Gasteiger partial charge >= 0.3 is 0 Å². The van der Waals surface area contributed by atoms with Crippen LogP contribution in [0.3, 0.4) is 0 Å². The number of primary sulfonamides is 1. The molecule has 0 aromatic carbocycles. The van der Waals surface area contributed by atoms with Crippen LogP contribution in [0.4, 0.5) is 0 Å². The second-order valence-corrected chi connectivity index (χ2v) is 6.38. The average molecular weight is 285 g/mol. The van der Waals surface area contributed by atoms with Crippen LogP contribution in [0.15, 0.2) is 17.2 Å². The molecule has 6 nitrogen and oxygen atoms in total. The molecule has 2 rings (SSSR count). The highest BCUT2D eigenvalue weighted by molar-refractivity contribution is 7.89. The van der Waals surface area contributed by atoms with Gasteiger partial charge in [0.25, 0.3) is 5.91 Å². The van der Waals surface area contributed by atoms with E-state index in [1.54, 1.807) is 4.90 Å². The van der Waals surface area contributed by atoms with Crippen molar-refractivity contribution in [3.8, 4) is 0 Å². The second-order valence-electron chi connectivity index (χ2n) is 4.82. The Balaban J connectivity index is 2.20. The van der Waals surface area contributed by atoms with Crippen LogP contribution >= 0.6 is 0 Å². The molecular formula is C12H19N3O3S. The van der Waals surface area contributed by atoms with Crippen molar-refractivity contribution in [3.05, 3.63) is 18.0 Å². The van der Waals surface area contributed by atoms with Gasteiger partial charge in [0.05, 0.1) is 4.90 Å². The molecule has 0 saturated heterocycles. The first-order valence-corrected chi connectivity index (χ1v) is 8.00. The fraction of sp³-hybridized carbons (Fsp3) is 0.583. The van der Waals surface area contributed by atoms with E-state index in [4.69, 9.17) is 5.14 Å². The third-order valence-electron chi connectivity index (χ3n) is 3.58. The number of nitrogens with two attached hydrogens (primary N) is 1. The number of hydrogen-bond donors (Lipinski definition) is 2. The molecule has 3 N–H and O–H groups in total. The molecule has 1 amide bonds. The number of aromatic amines is 1. The maximum absolute atomic E-state index is 12.4. The van der Waals surface area contributed by atoms with E-state index in [0.29, 0.717) is 6.54 Å². The molecule has 1 heterocycles. The average Bonchev–Trinajstić information content (AvgIpc) is 3.00. The first-order chi connectivity index (χ1) is 8.93. The monoisotopic (exact) mass is 285 g/mol. The van der Waals surface area contributed by atoms with Gasteiger partial charge in [-0.3, -0.25) is 4.79 Å². The van der Waals surface area contributed by atoms with Crippen molar-refractivity contribution in [2.45, 2.75) is 43.5 Å². The van der Waals surface area contributed by atoms with E-state index in [0.717, 1.165) is 25.7 Å². The summed E-state index contributed by atoms with van der Waals surface area (Å²) in [6.45, 7) is 2.55. The third kappa shape index (κ3) is 2.98. The first kappa shape index (κ1) is 14.1. The molecule has 0 spiro atoms. The highest BCUT2D eigenvalue weighted by atomic mass is 32.2. The van der Waals surface area contributed by atoms with Crippen LogP contribution in [0.25, 0.3) is 0 Å². The van der Waals surface area contributed by atoms with Gasteiger partial charge in [-0.25, -0.2) is 13.6 Å². The van der Waals surface area contributed by atoms with Crippen molar-refractivity contribution < 1.29 is 13.2 Å². The lowest BCUT2D eigenvalue weighted by Crippen LogP contribution is -2.38. The number of hydrogen-bond acceptors (Lipinski definition) is 3. The summed E-state index contributed by atoms with van der Waals surface area (Å²) in [7, 11) is -3.77. The Morgan fingerprint density at radius 1 is 1.47 bits per heavy atom. The zero-order chi connectivity index (χ0) is 14.0. The van der Waals surface area contributed by atoms with Gasteiger partial charge in [-0.2, -0.15) is 0 Å².